The molecule has 140 valence electrons. The number of halogens is 2. The van der Waals surface area contributed by atoms with Crippen LogP contribution in [0.5, 0.6) is 0 Å². The molecule has 1 aliphatic rings. The van der Waals surface area contributed by atoms with Crippen LogP contribution in [0.1, 0.15) is 44.0 Å². The third kappa shape index (κ3) is 5.68. The van der Waals surface area contributed by atoms with E-state index in [0.717, 1.165) is 19.4 Å². The van der Waals surface area contributed by atoms with Crippen molar-refractivity contribution in [3.63, 3.8) is 0 Å². The van der Waals surface area contributed by atoms with Gasteiger partial charge in [0.2, 0.25) is 5.91 Å². The largest absolute Gasteiger partial charge is 0.350 e. The van der Waals surface area contributed by atoms with Gasteiger partial charge < -0.3 is 16.0 Å². The summed E-state index contributed by atoms with van der Waals surface area (Å²) >= 11 is 0. The number of hydrogen-bond acceptors (Lipinski definition) is 3. The van der Waals surface area contributed by atoms with Crippen molar-refractivity contribution in [2.75, 3.05) is 6.54 Å². The summed E-state index contributed by atoms with van der Waals surface area (Å²) in [5, 5.41) is 9.01. The Balaban J connectivity index is 0.00000312. The second kappa shape index (κ2) is 9.73. The number of carbonyl (C=O) groups is 2. The van der Waals surface area contributed by atoms with Crippen LogP contribution in [0.3, 0.4) is 0 Å². The minimum atomic E-state index is -0.703. The molecule has 1 fully saturated rings. The van der Waals surface area contributed by atoms with Gasteiger partial charge in [0.05, 0.1) is 5.56 Å². The number of rotatable bonds is 5. The lowest BCUT2D eigenvalue weighted by atomic mass is 9.97. The van der Waals surface area contributed by atoms with E-state index in [-0.39, 0.29) is 41.9 Å². The summed E-state index contributed by atoms with van der Waals surface area (Å²) in [4.78, 5) is 24.9. The Hall–Kier alpha value is -1.66. The van der Waals surface area contributed by atoms with Gasteiger partial charge >= 0.3 is 0 Å². The first-order chi connectivity index (χ1) is 11.4. The Kier molecular flexibility index (Phi) is 8.32. The molecule has 1 aromatic rings. The number of piperidine rings is 1. The minimum Gasteiger partial charge on any atom is -0.350 e. The summed E-state index contributed by atoms with van der Waals surface area (Å²) in [6, 6.07) is 5.29. The van der Waals surface area contributed by atoms with Crippen molar-refractivity contribution in [3.8, 4) is 0 Å². The van der Waals surface area contributed by atoms with Crippen LogP contribution in [-0.4, -0.2) is 36.5 Å². The van der Waals surface area contributed by atoms with Gasteiger partial charge in [-0.15, -0.1) is 12.4 Å². The van der Waals surface area contributed by atoms with Gasteiger partial charge in [-0.25, -0.2) is 4.39 Å². The van der Waals surface area contributed by atoms with Gasteiger partial charge in [0.1, 0.15) is 11.9 Å². The first-order valence-electron chi connectivity index (χ1n) is 8.49. The number of amides is 2. The zero-order valence-corrected chi connectivity index (χ0v) is 15.7. The molecule has 2 amide bonds. The van der Waals surface area contributed by atoms with Gasteiger partial charge in [-0.1, -0.05) is 26.0 Å². The third-order valence-electron chi connectivity index (χ3n) is 4.44. The van der Waals surface area contributed by atoms with Crippen molar-refractivity contribution in [1.82, 2.24) is 16.0 Å². The summed E-state index contributed by atoms with van der Waals surface area (Å²) in [6.07, 6.45) is 1.91. The molecule has 0 aliphatic carbocycles. The number of nitrogens with one attached hydrogen (secondary N) is 3. The fourth-order valence-corrected chi connectivity index (χ4v) is 2.91. The van der Waals surface area contributed by atoms with Gasteiger partial charge in [0, 0.05) is 12.1 Å². The van der Waals surface area contributed by atoms with Gasteiger partial charge in [0.15, 0.2) is 0 Å². The van der Waals surface area contributed by atoms with Crippen LogP contribution in [0.25, 0.3) is 0 Å². The molecule has 1 heterocycles. The van der Waals surface area contributed by atoms with Crippen LogP contribution in [0.4, 0.5) is 4.39 Å². The fraction of sp³-hybridized carbons (Fsp3) is 0.556. The topological polar surface area (TPSA) is 70.2 Å². The Morgan fingerprint density at radius 2 is 1.96 bits per heavy atom. The maximum atomic E-state index is 13.7. The number of benzene rings is 1. The predicted octanol–water partition coefficient (Wildman–Crippen LogP) is 2.26. The fourth-order valence-electron chi connectivity index (χ4n) is 2.91. The Labute approximate surface area is 154 Å². The molecule has 0 saturated carbocycles. The summed E-state index contributed by atoms with van der Waals surface area (Å²) < 4.78 is 13.7. The van der Waals surface area contributed by atoms with E-state index in [0.29, 0.717) is 0 Å². The maximum absolute atomic E-state index is 13.7. The zero-order chi connectivity index (χ0) is 17.7. The first-order valence-corrected chi connectivity index (χ1v) is 8.49. The molecule has 25 heavy (non-hydrogen) atoms. The monoisotopic (exact) mass is 371 g/mol. The highest BCUT2D eigenvalue weighted by Gasteiger charge is 2.29. The molecular weight excluding hydrogens is 345 g/mol. The second-order valence-corrected chi connectivity index (χ2v) is 6.68. The quantitative estimate of drug-likeness (QED) is 0.743. The molecule has 3 unspecified atom stereocenters. The molecule has 0 radical (unpaired) electrons. The molecular formula is C18H27ClFN3O2. The van der Waals surface area contributed by atoms with Crippen LogP contribution >= 0.6 is 12.4 Å². The smallest absolute Gasteiger partial charge is 0.254 e. The molecule has 1 aliphatic heterocycles. The average molecular weight is 372 g/mol. The van der Waals surface area contributed by atoms with Crippen LogP contribution in [-0.2, 0) is 4.79 Å². The molecule has 0 spiro atoms. The van der Waals surface area contributed by atoms with Crippen molar-refractivity contribution in [3.05, 3.63) is 35.6 Å². The highest BCUT2D eigenvalue weighted by molar-refractivity contribution is 5.97. The van der Waals surface area contributed by atoms with Crippen LogP contribution in [0, 0.1) is 11.7 Å². The van der Waals surface area contributed by atoms with E-state index < -0.39 is 17.8 Å². The molecule has 3 atom stereocenters. The summed E-state index contributed by atoms with van der Waals surface area (Å²) in [6.45, 7) is 6.69. The van der Waals surface area contributed by atoms with Crippen LogP contribution < -0.4 is 16.0 Å². The molecule has 7 heteroatoms. The van der Waals surface area contributed by atoms with Crippen molar-refractivity contribution in [2.45, 2.75) is 51.7 Å². The Morgan fingerprint density at radius 3 is 2.56 bits per heavy atom. The van der Waals surface area contributed by atoms with E-state index in [2.05, 4.69) is 16.0 Å². The number of carbonyl (C=O) groups excluding carboxylic acids is 2. The summed E-state index contributed by atoms with van der Waals surface area (Å²) in [5.41, 5.74) is -0.0522. The lowest BCUT2D eigenvalue weighted by Gasteiger charge is -2.32. The first kappa shape index (κ1) is 21.4. The molecule has 0 aromatic heterocycles. The molecule has 1 aromatic carbocycles. The highest BCUT2D eigenvalue weighted by atomic mass is 35.5. The van der Waals surface area contributed by atoms with Crippen molar-refractivity contribution < 1.29 is 14.0 Å². The lowest BCUT2D eigenvalue weighted by Crippen LogP contribution is -2.57. The highest BCUT2D eigenvalue weighted by Crippen LogP contribution is 2.12. The molecule has 0 bridgehead atoms. The molecule has 2 rings (SSSR count). The van der Waals surface area contributed by atoms with Crippen LogP contribution in [0.2, 0.25) is 0 Å². The van der Waals surface area contributed by atoms with E-state index in [9.17, 15) is 14.0 Å². The minimum absolute atomic E-state index is 0. The van der Waals surface area contributed by atoms with Gasteiger partial charge in [-0.3, -0.25) is 9.59 Å². The molecule has 3 N–H and O–H groups in total. The third-order valence-corrected chi connectivity index (χ3v) is 4.44. The second-order valence-electron chi connectivity index (χ2n) is 6.68. The van der Waals surface area contributed by atoms with E-state index in [1.165, 1.54) is 18.2 Å². The van der Waals surface area contributed by atoms with Crippen molar-refractivity contribution in [1.29, 1.82) is 0 Å². The number of hydrogen-bond donors (Lipinski definition) is 3. The van der Waals surface area contributed by atoms with Crippen molar-refractivity contribution in [2.24, 2.45) is 5.92 Å². The van der Waals surface area contributed by atoms with E-state index in [4.69, 9.17) is 0 Å². The SMILES string of the molecule is CC(C)C(NC(=O)c1ccccc1F)C(=O)NC1CCCNC1C.Cl. The Morgan fingerprint density at radius 1 is 1.28 bits per heavy atom. The standard InChI is InChI=1S/C18H26FN3O2.ClH/c1-11(2)16(18(24)21-15-9-6-10-20-12(15)3)22-17(23)13-7-4-5-8-14(13)19;/h4-5,7-8,11-12,15-16,20H,6,9-10H2,1-3H3,(H,21,24)(H,22,23);1H. The molecule has 5 nitrogen and oxygen atoms in total. The maximum Gasteiger partial charge on any atom is 0.254 e. The summed E-state index contributed by atoms with van der Waals surface area (Å²) in [5.74, 6) is -1.50. The van der Waals surface area contributed by atoms with E-state index in [1.807, 2.05) is 20.8 Å². The van der Waals surface area contributed by atoms with Gasteiger partial charge in [0.25, 0.3) is 5.91 Å². The van der Waals surface area contributed by atoms with E-state index in [1.54, 1.807) is 6.07 Å². The van der Waals surface area contributed by atoms with Crippen LogP contribution in [0.15, 0.2) is 24.3 Å². The van der Waals surface area contributed by atoms with Gasteiger partial charge in [-0.05, 0) is 44.4 Å². The summed E-state index contributed by atoms with van der Waals surface area (Å²) in [7, 11) is 0. The van der Waals surface area contributed by atoms with Crippen molar-refractivity contribution >= 4 is 24.2 Å². The molecule has 1 saturated heterocycles. The normalized spacial score (nSPS) is 21.2. The zero-order valence-electron chi connectivity index (χ0n) is 14.8. The predicted molar refractivity (Wildman–Crippen MR) is 98.4 cm³/mol. The Bertz CT molecular complexity index is 597. The lowest BCUT2D eigenvalue weighted by molar-refractivity contribution is -0.125. The average Bonchev–Trinajstić information content (AvgIpc) is 2.54. The van der Waals surface area contributed by atoms with E-state index >= 15 is 0 Å². The van der Waals surface area contributed by atoms with Gasteiger partial charge in [-0.2, -0.15) is 0 Å².